The molecule has 1 aliphatic rings. The number of benzene rings is 6. The van der Waals surface area contributed by atoms with Crippen molar-refractivity contribution in [3.63, 3.8) is 0 Å². The number of rotatable bonds is 4. The van der Waals surface area contributed by atoms with E-state index in [0.29, 0.717) is 0 Å². The largest absolute Gasteiger partial charge is 0.264 e. The lowest BCUT2D eigenvalue weighted by Crippen LogP contribution is -2.29. The molecule has 0 fully saturated rings. The van der Waals surface area contributed by atoms with Gasteiger partial charge >= 0.3 is 0 Å². The maximum absolute atomic E-state index is 5.39. The quantitative estimate of drug-likeness (QED) is 0.183. The molecule has 6 aromatic carbocycles. The van der Waals surface area contributed by atoms with Crippen molar-refractivity contribution < 1.29 is 0 Å². The highest BCUT2D eigenvalue weighted by molar-refractivity contribution is 6.05. The maximum atomic E-state index is 5.39. The second-order valence-corrected chi connectivity index (χ2v) is 12.8. The summed E-state index contributed by atoms with van der Waals surface area (Å²) in [6.45, 7) is 0. The van der Waals surface area contributed by atoms with Crippen LogP contribution in [-0.4, -0.2) is 15.0 Å². The number of nitrogens with zero attached hydrogens (tertiary/aromatic N) is 3. The number of hydrogen-bond donors (Lipinski definition) is 0. The first-order valence-corrected chi connectivity index (χ1v) is 16.7. The normalized spacial score (nSPS) is 13.1. The standard InChI is InChI=1S/C46H29N3/c1-3-11-35(12-4-1)46(36-13-5-2-6-14-36)40-16-8-7-15-38(40)42-39(41-24-21-31-18-17-30-10-9-26-48-44(30)45(31)49-41)23-22-37(43(42)46)33-19-20-34-29-47-27-25-32(34)28-33/h1-29H. The minimum atomic E-state index is -0.571. The van der Waals surface area contributed by atoms with Gasteiger partial charge in [0.1, 0.15) is 0 Å². The molecular formula is C46H29N3. The molecule has 3 heteroatoms. The summed E-state index contributed by atoms with van der Waals surface area (Å²) in [6, 6.07) is 57.1. The van der Waals surface area contributed by atoms with Crippen molar-refractivity contribution in [3.05, 3.63) is 199 Å². The molecule has 9 aromatic rings. The van der Waals surface area contributed by atoms with Gasteiger partial charge in [-0.15, -0.1) is 0 Å². The van der Waals surface area contributed by atoms with E-state index in [1.807, 2.05) is 24.7 Å². The molecule has 3 nitrogen and oxygen atoms in total. The van der Waals surface area contributed by atoms with Crippen LogP contribution in [0.25, 0.3) is 66.1 Å². The summed E-state index contributed by atoms with van der Waals surface area (Å²) < 4.78 is 0. The van der Waals surface area contributed by atoms with Gasteiger partial charge in [-0.2, -0.15) is 0 Å². The van der Waals surface area contributed by atoms with Crippen LogP contribution < -0.4 is 0 Å². The molecule has 0 atom stereocenters. The van der Waals surface area contributed by atoms with Crippen LogP contribution in [0.1, 0.15) is 22.3 Å². The highest BCUT2D eigenvalue weighted by atomic mass is 14.8. The number of hydrogen-bond acceptors (Lipinski definition) is 3. The Hall–Kier alpha value is -6.45. The first-order chi connectivity index (χ1) is 24.3. The lowest BCUT2D eigenvalue weighted by molar-refractivity contribution is 0.770. The van der Waals surface area contributed by atoms with E-state index < -0.39 is 5.41 Å². The Labute approximate surface area is 284 Å². The molecule has 1 aliphatic carbocycles. The summed E-state index contributed by atoms with van der Waals surface area (Å²) in [6.07, 6.45) is 5.66. The van der Waals surface area contributed by atoms with Gasteiger partial charge < -0.3 is 0 Å². The molecule has 0 unspecified atom stereocenters. The van der Waals surface area contributed by atoms with Crippen molar-refractivity contribution in [1.82, 2.24) is 15.0 Å². The van der Waals surface area contributed by atoms with Crippen molar-refractivity contribution in [3.8, 4) is 33.5 Å². The van der Waals surface area contributed by atoms with Crippen LogP contribution in [0.4, 0.5) is 0 Å². The molecule has 10 rings (SSSR count). The predicted molar refractivity (Wildman–Crippen MR) is 201 cm³/mol. The van der Waals surface area contributed by atoms with E-state index in [0.717, 1.165) is 38.4 Å². The van der Waals surface area contributed by atoms with E-state index in [1.54, 1.807) is 0 Å². The number of fused-ring (bicyclic) bond motifs is 7. The van der Waals surface area contributed by atoms with Gasteiger partial charge in [-0.1, -0.05) is 133 Å². The minimum absolute atomic E-state index is 0.571. The smallest absolute Gasteiger partial charge is 0.0972 e. The van der Waals surface area contributed by atoms with Gasteiger partial charge in [-0.25, -0.2) is 4.98 Å². The molecule has 0 spiro atoms. The number of aromatic nitrogens is 3. The molecule has 49 heavy (non-hydrogen) atoms. The molecule has 0 bridgehead atoms. The van der Waals surface area contributed by atoms with Crippen molar-refractivity contribution in [2.45, 2.75) is 5.41 Å². The molecule has 3 aromatic heterocycles. The lowest BCUT2D eigenvalue weighted by Gasteiger charge is -2.35. The highest BCUT2D eigenvalue weighted by Gasteiger charge is 2.48. The zero-order valence-corrected chi connectivity index (χ0v) is 26.6. The molecular weight excluding hydrogens is 595 g/mol. The van der Waals surface area contributed by atoms with E-state index in [4.69, 9.17) is 9.97 Å². The summed E-state index contributed by atoms with van der Waals surface area (Å²) in [5.74, 6) is 0. The van der Waals surface area contributed by atoms with Gasteiger partial charge in [0.25, 0.3) is 0 Å². The summed E-state index contributed by atoms with van der Waals surface area (Å²) in [5, 5.41) is 4.46. The van der Waals surface area contributed by atoms with Crippen molar-refractivity contribution >= 4 is 32.6 Å². The monoisotopic (exact) mass is 623 g/mol. The van der Waals surface area contributed by atoms with Gasteiger partial charge in [0.05, 0.1) is 22.1 Å². The summed E-state index contributed by atoms with van der Waals surface area (Å²) >= 11 is 0. The van der Waals surface area contributed by atoms with Crippen LogP contribution in [-0.2, 0) is 5.41 Å². The van der Waals surface area contributed by atoms with Gasteiger partial charge in [-0.05, 0) is 74.2 Å². The van der Waals surface area contributed by atoms with Crippen LogP contribution >= 0.6 is 0 Å². The zero-order chi connectivity index (χ0) is 32.4. The average Bonchev–Trinajstić information content (AvgIpc) is 3.50. The van der Waals surface area contributed by atoms with Crippen LogP contribution in [0.5, 0.6) is 0 Å². The van der Waals surface area contributed by atoms with Gasteiger partial charge in [0.15, 0.2) is 0 Å². The Morgan fingerprint density at radius 2 is 1.14 bits per heavy atom. The first kappa shape index (κ1) is 27.6. The Bertz CT molecular complexity index is 2680. The molecule has 0 N–H and O–H groups in total. The van der Waals surface area contributed by atoms with Crippen molar-refractivity contribution in [2.24, 2.45) is 0 Å². The van der Waals surface area contributed by atoms with Crippen molar-refractivity contribution in [1.29, 1.82) is 0 Å². The topological polar surface area (TPSA) is 38.7 Å². The summed E-state index contributed by atoms with van der Waals surface area (Å²) in [5.41, 5.74) is 13.1. The fourth-order valence-electron chi connectivity index (χ4n) is 8.16. The summed E-state index contributed by atoms with van der Waals surface area (Å²) in [4.78, 5) is 14.5. The summed E-state index contributed by atoms with van der Waals surface area (Å²) in [7, 11) is 0. The third kappa shape index (κ3) is 4.06. The lowest BCUT2D eigenvalue weighted by atomic mass is 9.66. The first-order valence-electron chi connectivity index (χ1n) is 16.7. The molecule has 0 radical (unpaired) electrons. The molecule has 0 aliphatic heterocycles. The average molecular weight is 624 g/mol. The minimum Gasteiger partial charge on any atom is -0.264 e. The van der Waals surface area contributed by atoms with E-state index in [-0.39, 0.29) is 0 Å². The van der Waals surface area contributed by atoms with E-state index in [2.05, 4.69) is 157 Å². The third-order valence-electron chi connectivity index (χ3n) is 10.3. The van der Waals surface area contributed by atoms with E-state index in [9.17, 15) is 0 Å². The van der Waals surface area contributed by atoms with Gasteiger partial charge in [0.2, 0.25) is 0 Å². The van der Waals surface area contributed by atoms with Crippen LogP contribution in [0, 0.1) is 0 Å². The highest BCUT2D eigenvalue weighted by Crippen LogP contribution is 2.60. The second-order valence-electron chi connectivity index (χ2n) is 12.8. The second kappa shape index (κ2) is 10.8. The Kier molecular flexibility index (Phi) is 6.09. The predicted octanol–water partition coefficient (Wildman–Crippen LogP) is 11.0. The SMILES string of the molecule is c1ccc(C2(c3ccccc3)c3ccccc3-c3c(-c4ccc5ccc6cccnc6c5n4)ccc(-c4ccc5cnccc5c4)c32)cc1. The Morgan fingerprint density at radius 1 is 0.449 bits per heavy atom. The number of pyridine rings is 3. The Morgan fingerprint density at radius 3 is 1.96 bits per heavy atom. The Balaban J connectivity index is 1.37. The van der Waals surface area contributed by atoms with Gasteiger partial charge in [0, 0.05) is 40.3 Å². The van der Waals surface area contributed by atoms with Crippen LogP contribution in [0.15, 0.2) is 176 Å². The molecule has 3 heterocycles. The fourth-order valence-corrected chi connectivity index (χ4v) is 8.16. The van der Waals surface area contributed by atoms with Gasteiger partial charge in [-0.3, -0.25) is 9.97 Å². The molecule has 0 saturated heterocycles. The van der Waals surface area contributed by atoms with E-state index >= 15 is 0 Å². The van der Waals surface area contributed by atoms with Crippen molar-refractivity contribution in [2.75, 3.05) is 0 Å². The van der Waals surface area contributed by atoms with Crippen LogP contribution in [0.2, 0.25) is 0 Å². The molecule has 228 valence electrons. The van der Waals surface area contributed by atoms with Crippen LogP contribution in [0.3, 0.4) is 0 Å². The third-order valence-corrected chi connectivity index (χ3v) is 10.3. The zero-order valence-electron chi connectivity index (χ0n) is 26.6. The fraction of sp³-hybridized carbons (Fsp3) is 0.0217. The maximum Gasteiger partial charge on any atom is 0.0972 e. The molecule has 0 amide bonds. The van der Waals surface area contributed by atoms with E-state index in [1.165, 1.54) is 49.9 Å². The molecule has 0 saturated carbocycles.